The Bertz CT molecular complexity index is 131. The molecule has 1 atom stereocenters. The molecule has 4 heteroatoms. The minimum atomic E-state index is 0. The van der Waals surface area contributed by atoms with Gasteiger partial charge in [0.1, 0.15) is 4.32 Å². The molecule has 0 amide bonds. The minimum Gasteiger partial charge on any atom is -0.385 e. The Morgan fingerprint density at radius 2 is 2.00 bits per heavy atom. The van der Waals surface area contributed by atoms with Crippen molar-refractivity contribution < 1.29 is 17.1 Å². The van der Waals surface area contributed by atoms with Gasteiger partial charge >= 0.3 is 0 Å². The van der Waals surface area contributed by atoms with Crippen molar-refractivity contribution in [2.24, 2.45) is 5.73 Å². The van der Waals surface area contributed by atoms with Gasteiger partial charge < -0.3 is 5.73 Å². The van der Waals surface area contributed by atoms with Crippen LogP contribution in [0.5, 0.6) is 0 Å². The van der Waals surface area contributed by atoms with E-state index in [2.05, 4.69) is 13.8 Å². The predicted molar refractivity (Wildman–Crippen MR) is 62.6 cm³/mol. The van der Waals surface area contributed by atoms with Crippen LogP contribution < -0.4 is 5.73 Å². The Kier molecular flexibility index (Phi) is 13.5. The van der Waals surface area contributed by atoms with E-state index < -0.39 is 0 Å². The molecule has 2 N–H and O–H groups in total. The van der Waals surface area contributed by atoms with Crippen LogP contribution in [0.15, 0.2) is 0 Å². The molecule has 0 aromatic carbocycles. The van der Waals surface area contributed by atoms with Crippen LogP contribution in [0.3, 0.4) is 0 Å². The van der Waals surface area contributed by atoms with Crippen LogP contribution in [-0.2, 0) is 17.1 Å². The van der Waals surface area contributed by atoms with E-state index in [1.54, 1.807) is 11.8 Å². The summed E-state index contributed by atoms with van der Waals surface area (Å²) < 4.78 is 0.596. The normalized spacial score (nSPS) is 11.8. The van der Waals surface area contributed by atoms with E-state index in [0.29, 0.717) is 9.57 Å². The quantitative estimate of drug-likeness (QED) is 0.455. The SMILES string of the molecule is CCCCCC(CC)SC(N)=S.[Cu]. The standard InChI is InChI=1S/C9H19NS2.Cu/c1-3-5-6-7-8(4-2)12-9(10)11;/h8H,3-7H2,1-2H3,(H2,10,11);. The first kappa shape index (κ1) is 16.2. The third-order valence-corrected chi connectivity index (χ3v) is 3.29. The Labute approximate surface area is 102 Å². The van der Waals surface area contributed by atoms with Crippen LogP contribution in [0.25, 0.3) is 0 Å². The Hall–Kier alpha value is 0.759. The molecule has 0 spiro atoms. The van der Waals surface area contributed by atoms with Gasteiger partial charge in [0.25, 0.3) is 0 Å². The molecule has 0 rings (SSSR count). The number of thioether (sulfide) groups is 1. The first-order valence-electron chi connectivity index (χ1n) is 4.66. The number of hydrogen-bond acceptors (Lipinski definition) is 2. The number of thiocarbonyl (C=S) groups is 1. The largest absolute Gasteiger partial charge is 0.385 e. The molecule has 83 valence electrons. The van der Waals surface area contributed by atoms with Crippen molar-refractivity contribution >= 4 is 28.3 Å². The maximum absolute atomic E-state index is 5.47. The summed E-state index contributed by atoms with van der Waals surface area (Å²) in [4.78, 5) is 0. The maximum Gasteiger partial charge on any atom is 0.131 e. The summed E-state index contributed by atoms with van der Waals surface area (Å²) in [5.74, 6) is 0. The zero-order valence-electron chi connectivity index (χ0n) is 8.31. The molecule has 0 saturated carbocycles. The molecule has 13 heavy (non-hydrogen) atoms. The minimum absolute atomic E-state index is 0. The molecule has 0 aliphatic rings. The van der Waals surface area contributed by atoms with Gasteiger partial charge in [-0.1, -0.05) is 57.1 Å². The van der Waals surface area contributed by atoms with Gasteiger partial charge in [0.15, 0.2) is 0 Å². The van der Waals surface area contributed by atoms with Gasteiger partial charge in [-0.3, -0.25) is 0 Å². The van der Waals surface area contributed by atoms with Crippen molar-refractivity contribution in [3.63, 3.8) is 0 Å². The van der Waals surface area contributed by atoms with Gasteiger partial charge in [-0.05, 0) is 12.8 Å². The molecule has 1 unspecified atom stereocenters. The number of rotatable bonds is 6. The molecule has 0 saturated heterocycles. The third-order valence-electron chi connectivity index (χ3n) is 1.87. The monoisotopic (exact) mass is 268 g/mol. The molecule has 0 aromatic rings. The zero-order valence-corrected chi connectivity index (χ0v) is 10.9. The topological polar surface area (TPSA) is 26.0 Å². The Morgan fingerprint density at radius 3 is 2.38 bits per heavy atom. The Morgan fingerprint density at radius 1 is 1.38 bits per heavy atom. The summed E-state index contributed by atoms with van der Waals surface area (Å²) in [6, 6.07) is 0. The molecular formula is C9H19CuNS2. The first-order valence-corrected chi connectivity index (χ1v) is 5.95. The van der Waals surface area contributed by atoms with Crippen LogP contribution in [0, 0.1) is 0 Å². The second-order valence-electron chi connectivity index (χ2n) is 2.96. The van der Waals surface area contributed by atoms with Crippen LogP contribution >= 0.6 is 24.0 Å². The first-order chi connectivity index (χ1) is 5.70. The summed E-state index contributed by atoms with van der Waals surface area (Å²) in [6.07, 6.45) is 6.35. The fraction of sp³-hybridized carbons (Fsp3) is 0.889. The molecule has 0 aliphatic carbocycles. The smallest absolute Gasteiger partial charge is 0.131 e. The Balaban J connectivity index is 0. The van der Waals surface area contributed by atoms with Gasteiger partial charge in [0, 0.05) is 22.3 Å². The predicted octanol–water partition coefficient (Wildman–Crippen LogP) is 3.32. The van der Waals surface area contributed by atoms with E-state index in [1.165, 1.54) is 32.1 Å². The summed E-state index contributed by atoms with van der Waals surface area (Å²) in [5, 5.41) is 0.647. The van der Waals surface area contributed by atoms with E-state index in [9.17, 15) is 0 Å². The van der Waals surface area contributed by atoms with Crippen LogP contribution in [-0.4, -0.2) is 9.57 Å². The van der Waals surface area contributed by atoms with E-state index in [1.807, 2.05) is 0 Å². The van der Waals surface area contributed by atoms with E-state index >= 15 is 0 Å². The zero-order chi connectivity index (χ0) is 9.40. The second kappa shape index (κ2) is 10.8. The van der Waals surface area contributed by atoms with Crippen molar-refractivity contribution in [2.75, 3.05) is 0 Å². The van der Waals surface area contributed by atoms with Gasteiger partial charge in [-0.2, -0.15) is 0 Å². The van der Waals surface area contributed by atoms with E-state index in [0.717, 1.165) is 0 Å². The molecular weight excluding hydrogens is 250 g/mol. The molecule has 1 nitrogen and oxygen atoms in total. The average Bonchev–Trinajstić information content (AvgIpc) is 2.02. The average molecular weight is 269 g/mol. The van der Waals surface area contributed by atoms with Crippen LogP contribution in [0.1, 0.15) is 46.0 Å². The van der Waals surface area contributed by atoms with Crippen LogP contribution in [0.2, 0.25) is 0 Å². The molecule has 1 radical (unpaired) electrons. The van der Waals surface area contributed by atoms with Gasteiger partial charge in [-0.25, -0.2) is 0 Å². The molecule has 0 heterocycles. The van der Waals surface area contributed by atoms with Crippen molar-refractivity contribution in [3.8, 4) is 0 Å². The number of hydrogen-bond donors (Lipinski definition) is 1. The number of unbranched alkanes of at least 4 members (excludes halogenated alkanes) is 2. The molecule has 0 fully saturated rings. The van der Waals surface area contributed by atoms with Crippen molar-refractivity contribution in [3.05, 3.63) is 0 Å². The molecule has 0 aliphatic heterocycles. The molecule has 0 aromatic heterocycles. The third kappa shape index (κ3) is 10.7. The molecule has 0 bridgehead atoms. The van der Waals surface area contributed by atoms with Gasteiger partial charge in [0.05, 0.1) is 0 Å². The van der Waals surface area contributed by atoms with E-state index in [4.69, 9.17) is 18.0 Å². The summed E-state index contributed by atoms with van der Waals surface area (Å²) in [7, 11) is 0. The summed E-state index contributed by atoms with van der Waals surface area (Å²) in [6.45, 7) is 4.42. The second-order valence-corrected chi connectivity index (χ2v) is 5.00. The van der Waals surface area contributed by atoms with E-state index in [-0.39, 0.29) is 17.1 Å². The fourth-order valence-corrected chi connectivity index (χ4v) is 2.32. The summed E-state index contributed by atoms with van der Waals surface area (Å²) in [5.41, 5.74) is 5.47. The van der Waals surface area contributed by atoms with Crippen LogP contribution in [0.4, 0.5) is 0 Å². The fourth-order valence-electron chi connectivity index (χ4n) is 1.13. The van der Waals surface area contributed by atoms with Gasteiger partial charge in [-0.15, -0.1) is 0 Å². The van der Waals surface area contributed by atoms with Gasteiger partial charge in [0.2, 0.25) is 0 Å². The summed E-state index contributed by atoms with van der Waals surface area (Å²) >= 11 is 6.52. The maximum atomic E-state index is 5.47. The van der Waals surface area contributed by atoms with Crippen molar-refractivity contribution in [1.29, 1.82) is 0 Å². The van der Waals surface area contributed by atoms with Crippen molar-refractivity contribution in [1.82, 2.24) is 0 Å². The number of nitrogens with two attached hydrogens (primary N) is 1. The van der Waals surface area contributed by atoms with Crippen molar-refractivity contribution in [2.45, 2.75) is 51.2 Å².